The Kier molecular flexibility index (Phi) is 13.8. The fourth-order valence-corrected chi connectivity index (χ4v) is 6.78. The molecule has 2 saturated heterocycles. The molecule has 2 aliphatic heterocycles. The van der Waals surface area contributed by atoms with Gasteiger partial charge in [0.2, 0.25) is 23.6 Å². The second-order valence-corrected chi connectivity index (χ2v) is 14.9. The molecule has 50 heavy (non-hydrogen) atoms. The van der Waals surface area contributed by atoms with Crippen molar-refractivity contribution in [2.24, 2.45) is 17.8 Å². The Balaban J connectivity index is 1.49. The van der Waals surface area contributed by atoms with Crippen molar-refractivity contribution in [3.05, 3.63) is 65.2 Å². The van der Waals surface area contributed by atoms with Crippen LogP contribution in [0.2, 0.25) is 0 Å². The molecule has 272 valence electrons. The monoisotopic (exact) mass is 689 g/mol. The number of phenols is 1. The van der Waals surface area contributed by atoms with Crippen LogP contribution < -0.4 is 21.3 Å². The molecule has 0 bridgehead atoms. The fourth-order valence-electron chi connectivity index (χ4n) is 6.78. The zero-order chi connectivity index (χ0) is 36.4. The van der Waals surface area contributed by atoms with Crippen LogP contribution in [0.3, 0.4) is 0 Å². The van der Waals surface area contributed by atoms with Crippen LogP contribution in [-0.2, 0) is 32.0 Å². The molecule has 11 heteroatoms. The van der Waals surface area contributed by atoms with E-state index in [1.807, 2.05) is 45.0 Å². The highest BCUT2D eigenvalue weighted by atomic mass is 16.3. The van der Waals surface area contributed by atoms with Gasteiger partial charge < -0.3 is 31.3 Å². The number of nitrogens with zero attached hydrogens (tertiary/aromatic N) is 1. The zero-order valence-electron chi connectivity index (χ0n) is 30.2. The summed E-state index contributed by atoms with van der Waals surface area (Å²) in [5, 5.41) is 21.7. The van der Waals surface area contributed by atoms with Crippen molar-refractivity contribution < 1.29 is 29.1 Å². The number of nitrogens with one attached hydrogen (secondary N) is 4. The van der Waals surface area contributed by atoms with E-state index in [0.29, 0.717) is 37.2 Å². The molecule has 5 atom stereocenters. The summed E-state index contributed by atoms with van der Waals surface area (Å²) in [6.45, 7) is 10.8. The number of rotatable bonds is 7. The Morgan fingerprint density at radius 2 is 1.60 bits per heavy atom. The van der Waals surface area contributed by atoms with Crippen LogP contribution in [0, 0.1) is 17.8 Å². The Morgan fingerprint density at radius 1 is 0.920 bits per heavy atom. The van der Waals surface area contributed by atoms with Crippen molar-refractivity contribution in [3.63, 3.8) is 0 Å². The summed E-state index contributed by atoms with van der Waals surface area (Å²) >= 11 is 0. The Hall–Kier alpha value is -4.41. The van der Waals surface area contributed by atoms with Gasteiger partial charge in [-0.2, -0.15) is 0 Å². The van der Waals surface area contributed by atoms with E-state index in [-0.39, 0.29) is 85.5 Å². The summed E-state index contributed by atoms with van der Waals surface area (Å²) in [5.41, 5.74) is 2.48. The molecule has 11 nitrogen and oxygen atoms in total. The first-order valence-electron chi connectivity index (χ1n) is 18.1. The quantitative estimate of drug-likeness (QED) is 0.297. The van der Waals surface area contributed by atoms with E-state index in [1.54, 1.807) is 29.2 Å². The lowest BCUT2D eigenvalue weighted by molar-refractivity contribution is -0.139. The summed E-state index contributed by atoms with van der Waals surface area (Å²) < 4.78 is 0. The average molecular weight is 690 g/mol. The number of carbonyl (C=O) groups is 5. The van der Waals surface area contributed by atoms with Gasteiger partial charge in [-0.15, -0.1) is 0 Å². The highest BCUT2D eigenvalue weighted by Crippen LogP contribution is 2.23. The Morgan fingerprint density at radius 3 is 2.26 bits per heavy atom. The van der Waals surface area contributed by atoms with E-state index in [9.17, 15) is 29.1 Å². The van der Waals surface area contributed by atoms with E-state index in [1.165, 1.54) is 0 Å². The maximum atomic E-state index is 13.8. The van der Waals surface area contributed by atoms with Gasteiger partial charge in [-0.05, 0) is 85.3 Å². The van der Waals surface area contributed by atoms with Crippen molar-refractivity contribution in [1.82, 2.24) is 26.2 Å². The van der Waals surface area contributed by atoms with E-state index < -0.39 is 18.1 Å². The molecule has 0 saturated carbocycles. The van der Waals surface area contributed by atoms with E-state index in [2.05, 4.69) is 35.1 Å². The molecule has 2 fully saturated rings. The molecule has 2 heterocycles. The molecule has 0 aliphatic carbocycles. The van der Waals surface area contributed by atoms with Crippen LogP contribution in [0.25, 0.3) is 0 Å². The van der Waals surface area contributed by atoms with E-state index in [0.717, 1.165) is 17.5 Å². The summed E-state index contributed by atoms with van der Waals surface area (Å²) in [6, 6.07) is 11.9. The number of aromatic hydroxyl groups is 1. The second-order valence-electron chi connectivity index (χ2n) is 14.9. The van der Waals surface area contributed by atoms with Crippen molar-refractivity contribution in [1.29, 1.82) is 0 Å². The molecule has 5 N–H and O–H groups in total. The number of amides is 5. The molecule has 2 aliphatic rings. The van der Waals surface area contributed by atoms with Crippen molar-refractivity contribution >= 4 is 29.5 Å². The molecule has 5 amide bonds. The summed E-state index contributed by atoms with van der Waals surface area (Å²) in [6.07, 6.45) is 3.45. The molecule has 0 radical (unpaired) electrons. The normalized spacial score (nSPS) is 24.5. The average Bonchev–Trinajstić information content (AvgIpc) is 3.48. The molecule has 0 spiro atoms. The standard InChI is InChI=1S/C39H55N5O6/c1-24(2)19-27-9-13-29(14-10-27)37(48)41-30-22-34-39(50)43-32(25(3)4)17-8-26(5)20-35(46)42-33(21-28-11-15-31(45)16-12-28)38(49)40-18-6-7-36(47)44(34)23-30/h9-16,24-26,30,32-34,45H,6-8,17-23H2,1-5H3,(H,40,49)(H,41,48)(H,42,46)(H,43,50)/t26-,30-,32+,33+,34+/m1/s1. The topological polar surface area (TPSA) is 157 Å². The molecular formula is C39H55N5O6. The van der Waals surface area contributed by atoms with Crippen LogP contribution in [0.15, 0.2) is 48.5 Å². The first-order chi connectivity index (χ1) is 23.8. The number of hydrogen-bond acceptors (Lipinski definition) is 6. The lowest BCUT2D eigenvalue weighted by Crippen LogP contribution is -2.50. The highest BCUT2D eigenvalue weighted by molar-refractivity contribution is 5.95. The van der Waals surface area contributed by atoms with Crippen LogP contribution in [0.4, 0.5) is 0 Å². The first-order valence-corrected chi connectivity index (χ1v) is 18.1. The first kappa shape index (κ1) is 38.4. The molecule has 4 rings (SSSR count). The van der Waals surface area contributed by atoms with Gasteiger partial charge in [-0.3, -0.25) is 24.0 Å². The second kappa shape index (κ2) is 18.0. The van der Waals surface area contributed by atoms with E-state index >= 15 is 0 Å². The third-order valence-electron chi connectivity index (χ3n) is 9.65. The summed E-state index contributed by atoms with van der Waals surface area (Å²) in [7, 11) is 0. The minimum absolute atomic E-state index is 0.00647. The minimum Gasteiger partial charge on any atom is -0.508 e. The van der Waals surface area contributed by atoms with Crippen LogP contribution >= 0.6 is 0 Å². The molecule has 2 aromatic carbocycles. The van der Waals surface area contributed by atoms with Gasteiger partial charge in [-0.25, -0.2) is 0 Å². The molecular weight excluding hydrogens is 634 g/mol. The molecule has 0 aromatic heterocycles. The molecule has 0 unspecified atom stereocenters. The van der Waals surface area contributed by atoms with Gasteiger partial charge in [0.15, 0.2) is 0 Å². The summed E-state index contributed by atoms with van der Waals surface area (Å²) in [5.74, 6) is -0.580. The molecule has 2 aromatic rings. The minimum atomic E-state index is -0.824. The lowest BCUT2D eigenvalue weighted by Gasteiger charge is -2.29. The predicted molar refractivity (Wildman–Crippen MR) is 192 cm³/mol. The van der Waals surface area contributed by atoms with Gasteiger partial charge in [0.1, 0.15) is 17.8 Å². The van der Waals surface area contributed by atoms with Crippen LogP contribution in [0.1, 0.15) is 94.6 Å². The number of fused-ring (bicyclic) bond motifs is 1. The van der Waals surface area contributed by atoms with Gasteiger partial charge in [0.25, 0.3) is 5.91 Å². The predicted octanol–water partition coefficient (Wildman–Crippen LogP) is 3.87. The maximum absolute atomic E-state index is 13.8. The van der Waals surface area contributed by atoms with Crippen molar-refractivity contribution in [3.8, 4) is 5.75 Å². The number of phenolic OH excluding ortho intramolecular Hbond substituents is 1. The van der Waals surface area contributed by atoms with E-state index in [4.69, 9.17) is 0 Å². The van der Waals surface area contributed by atoms with Crippen molar-refractivity contribution in [2.45, 2.75) is 110 Å². The smallest absolute Gasteiger partial charge is 0.251 e. The number of carbonyl (C=O) groups excluding carboxylic acids is 5. The van der Waals surface area contributed by atoms with Gasteiger partial charge in [0, 0.05) is 50.0 Å². The van der Waals surface area contributed by atoms with Gasteiger partial charge in [-0.1, -0.05) is 58.9 Å². The maximum Gasteiger partial charge on any atom is 0.251 e. The van der Waals surface area contributed by atoms with Crippen LogP contribution in [-0.4, -0.2) is 76.8 Å². The largest absolute Gasteiger partial charge is 0.508 e. The third-order valence-corrected chi connectivity index (χ3v) is 9.65. The van der Waals surface area contributed by atoms with Gasteiger partial charge >= 0.3 is 0 Å². The number of benzene rings is 2. The zero-order valence-corrected chi connectivity index (χ0v) is 30.2. The van der Waals surface area contributed by atoms with Crippen LogP contribution in [0.5, 0.6) is 5.75 Å². The van der Waals surface area contributed by atoms with Crippen molar-refractivity contribution in [2.75, 3.05) is 13.1 Å². The van der Waals surface area contributed by atoms with Gasteiger partial charge in [0.05, 0.1) is 0 Å². The summed E-state index contributed by atoms with van der Waals surface area (Å²) in [4.78, 5) is 68.6. The fraction of sp³-hybridized carbons (Fsp3) is 0.564. The third kappa shape index (κ3) is 11.3. The number of hydrogen-bond donors (Lipinski definition) is 5. The SMILES string of the molecule is CC(C)Cc1ccc(C(=O)N[C@@H]2C[C@H]3C(=O)N[C@H](C(C)C)CC[C@@H](C)CC(=O)N[C@@H](Cc4ccc(O)cc4)C(=O)NCCCC(=O)N3C2)cc1. The lowest BCUT2D eigenvalue weighted by atomic mass is 9.92. The Bertz CT molecular complexity index is 1470. The Labute approximate surface area is 296 Å². The highest BCUT2D eigenvalue weighted by Gasteiger charge is 2.40.